The van der Waals surface area contributed by atoms with Crippen LogP contribution in [0.1, 0.15) is 71.2 Å². The number of esters is 1. The Morgan fingerprint density at radius 3 is 2.55 bits per heavy atom. The van der Waals surface area contributed by atoms with Gasteiger partial charge in [-0.25, -0.2) is 5.43 Å². The lowest BCUT2D eigenvalue weighted by Gasteiger charge is -2.35. The Bertz CT molecular complexity index is 1310. The largest absolute Gasteiger partial charge is 0.457 e. The van der Waals surface area contributed by atoms with E-state index in [-0.39, 0.29) is 17.7 Å². The molecule has 1 fully saturated rings. The number of benzene rings is 1. The van der Waals surface area contributed by atoms with Gasteiger partial charge in [-0.2, -0.15) is 0 Å². The minimum atomic E-state index is -0.869. The van der Waals surface area contributed by atoms with Crippen molar-refractivity contribution in [3.8, 4) is 0 Å². The molecule has 40 heavy (non-hydrogen) atoms. The molecule has 10 nitrogen and oxygen atoms in total. The van der Waals surface area contributed by atoms with Gasteiger partial charge in [0.05, 0.1) is 11.6 Å². The molecule has 2 aliphatic rings. The maximum absolute atomic E-state index is 13.2. The van der Waals surface area contributed by atoms with Gasteiger partial charge in [0, 0.05) is 18.1 Å². The molecule has 4 rings (SSSR count). The molecule has 0 saturated carbocycles. The van der Waals surface area contributed by atoms with E-state index >= 15 is 0 Å². The predicted octanol–water partition coefficient (Wildman–Crippen LogP) is 3.03. The predicted molar refractivity (Wildman–Crippen MR) is 151 cm³/mol. The average Bonchev–Trinajstić information content (AvgIpc) is 2.94. The summed E-state index contributed by atoms with van der Waals surface area (Å²) in [4.78, 5) is 57.1. The van der Waals surface area contributed by atoms with Crippen LogP contribution in [-0.2, 0) is 23.9 Å². The minimum absolute atomic E-state index is 0.208. The third-order valence-electron chi connectivity index (χ3n) is 7.52. The maximum atomic E-state index is 13.2. The fourth-order valence-corrected chi connectivity index (χ4v) is 4.98. The highest BCUT2D eigenvalue weighted by Crippen LogP contribution is 2.25. The number of amides is 3. The molecule has 1 aromatic carbocycles. The molecule has 1 saturated heterocycles. The SMILES string of the molecule is CC[C@@H]1/C=C/c2cc3cc(ccc3cn2)[C@@H](C)OC(=O)C2CCCN(N2)C(=O)C(C)NC(=O)C(C(C)C)NC1=O. The van der Waals surface area contributed by atoms with Crippen LogP contribution in [-0.4, -0.2) is 58.4 Å². The van der Waals surface area contributed by atoms with Gasteiger partial charge < -0.3 is 15.4 Å². The van der Waals surface area contributed by atoms with E-state index in [1.54, 1.807) is 25.3 Å². The second-order valence-corrected chi connectivity index (χ2v) is 10.9. The van der Waals surface area contributed by atoms with E-state index in [1.807, 2.05) is 52.0 Å². The van der Waals surface area contributed by atoms with Crippen molar-refractivity contribution in [3.05, 3.63) is 47.8 Å². The summed E-state index contributed by atoms with van der Waals surface area (Å²) in [5.74, 6) is -2.21. The number of hydrazine groups is 1. The molecule has 3 N–H and O–H groups in total. The normalized spacial score (nSPS) is 27.8. The monoisotopic (exact) mass is 549 g/mol. The van der Waals surface area contributed by atoms with Crippen LogP contribution in [0.2, 0.25) is 0 Å². The quantitative estimate of drug-likeness (QED) is 0.491. The van der Waals surface area contributed by atoms with Crippen LogP contribution in [0.15, 0.2) is 36.5 Å². The number of ether oxygens (including phenoxy) is 1. The molecule has 2 aliphatic heterocycles. The van der Waals surface area contributed by atoms with E-state index in [4.69, 9.17) is 4.74 Å². The van der Waals surface area contributed by atoms with Crippen LogP contribution in [0.5, 0.6) is 0 Å². The zero-order chi connectivity index (χ0) is 29.0. The zero-order valence-electron chi connectivity index (χ0n) is 23.8. The second-order valence-electron chi connectivity index (χ2n) is 10.9. The molecule has 214 valence electrons. The fourth-order valence-electron chi connectivity index (χ4n) is 4.98. The van der Waals surface area contributed by atoms with Gasteiger partial charge in [0.15, 0.2) is 0 Å². The Morgan fingerprint density at radius 1 is 1.05 bits per heavy atom. The molecule has 0 radical (unpaired) electrons. The number of fused-ring (bicyclic) bond motifs is 4. The van der Waals surface area contributed by atoms with Gasteiger partial charge in [0.25, 0.3) is 5.91 Å². The number of pyridine rings is 1. The van der Waals surface area contributed by atoms with Crippen molar-refractivity contribution in [2.75, 3.05) is 6.54 Å². The second kappa shape index (κ2) is 12.6. The van der Waals surface area contributed by atoms with E-state index in [0.717, 1.165) is 16.3 Å². The van der Waals surface area contributed by atoms with Gasteiger partial charge in [-0.1, -0.05) is 39.0 Å². The third-order valence-corrected chi connectivity index (χ3v) is 7.52. The number of carbonyl (C=O) groups excluding carboxylic acids is 4. The van der Waals surface area contributed by atoms with Gasteiger partial charge in [0.1, 0.15) is 24.2 Å². The van der Waals surface area contributed by atoms with Crippen LogP contribution in [0.3, 0.4) is 0 Å². The molecule has 2 aromatic rings. The Labute approximate surface area is 234 Å². The van der Waals surface area contributed by atoms with Gasteiger partial charge in [-0.05, 0) is 68.2 Å². The molecule has 5 bridgehead atoms. The van der Waals surface area contributed by atoms with Crippen molar-refractivity contribution in [1.29, 1.82) is 0 Å². The van der Waals surface area contributed by atoms with Crippen LogP contribution in [0.4, 0.5) is 0 Å². The first-order valence-electron chi connectivity index (χ1n) is 14.0. The molecular formula is C30H39N5O5. The van der Waals surface area contributed by atoms with E-state index in [2.05, 4.69) is 21.0 Å². The molecule has 0 aliphatic carbocycles. The topological polar surface area (TPSA) is 130 Å². The van der Waals surface area contributed by atoms with Gasteiger partial charge in [0.2, 0.25) is 11.8 Å². The summed E-state index contributed by atoms with van der Waals surface area (Å²) in [5, 5.41) is 8.86. The third kappa shape index (κ3) is 6.67. The van der Waals surface area contributed by atoms with Gasteiger partial charge in [-0.3, -0.25) is 29.2 Å². The van der Waals surface area contributed by atoms with Crippen molar-refractivity contribution < 1.29 is 23.9 Å². The molecule has 5 atom stereocenters. The van der Waals surface area contributed by atoms with Gasteiger partial charge in [-0.15, -0.1) is 0 Å². The lowest BCUT2D eigenvalue weighted by Crippen LogP contribution is -2.61. The molecule has 0 spiro atoms. The molecule has 3 heterocycles. The number of hydrogen-bond acceptors (Lipinski definition) is 7. The standard InChI is InChI=1S/C30H39N5O5/c1-6-20-11-12-24-15-23-14-21(9-10-22(23)16-31-24)19(5)40-30(39)25-8-7-13-35(34-25)29(38)18(4)32-28(37)26(17(2)3)33-27(20)36/h9-12,14-20,25-26,34H,6-8,13H2,1-5H3,(H,32,37)(H,33,36)/b12-11+/t18?,19-,20-,25?,26?/m1/s1. The average molecular weight is 550 g/mol. The summed E-state index contributed by atoms with van der Waals surface area (Å²) < 4.78 is 5.80. The van der Waals surface area contributed by atoms with E-state index in [0.29, 0.717) is 31.5 Å². The number of nitrogens with one attached hydrogen (secondary N) is 3. The van der Waals surface area contributed by atoms with Crippen molar-refractivity contribution in [2.45, 2.75) is 78.1 Å². The Hall–Kier alpha value is -3.79. The number of aromatic nitrogens is 1. The maximum Gasteiger partial charge on any atom is 0.325 e. The van der Waals surface area contributed by atoms with E-state index in [1.165, 1.54) is 5.01 Å². The van der Waals surface area contributed by atoms with Gasteiger partial charge >= 0.3 is 5.97 Å². The summed E-state index contributed by atoms with van der Waals surface area (Å²) in [6, 6.07) is 5.35. The summed E-state index contributed by atoms with van der Waals surface area (Å²) in [5.41, 5.74) is 4.50. The smallest absolute Gasteiger partial charge is 0.325 e. The van der Waals surface area contributed by atoms with Crippen molar-refractivity contribution >= 4 is 40.5 Å². The summed E-state index contributed by atoms with van der Waals surface area (Å²) in [7, 11) is 0. The van der Waals surface area contributed by atoms with Crippen LogP contribution in [0.25, 0.3) is 16.8 Å². The Morgan fingerprint density at radius 2 is 1.82 bits per heavy atom. The summed E-state index contributed by atoms with van der Waals surface area (Å²) >= 11 is 0. The lowest BCUT2D eigenvalue weighted by atomic mass is 9.99. The Kier molecular flexibility index (Phi) is 9.19. The highest BCUT2D eigenvalue weighted by atomic mass is 16.5. The molecule has 3 amide bonds. The number of rotatable bonds is 2. The molecule has 10 heteroatoms. The first-order chi connectivity index (χ1) is 19.1. The van der Waals surface area contributed by atoms with Crippen LogP contribution >= 0.6 is 0 Å². The van der Waals surface area contributed by atoms with Crippen molar-refractivity contribution in [3.63, 3.8) is 0 Å². The minimum Gasteiger partial charge on any atom is -0.457 e. The fraction of sp³-hybridized carbons (Fsp3) is 0.500. The molecular weight excluding hydrogens is 510 g/mol. The zero-order valence-corrected chi connectivity index (χ0v) is 23.8. The highest BCUT2D eigenvalue weighted by molar-refractivity contribution is 5.93. The molecule has 1 aromatic heterocycles. The first-order valence-corrected chi connectivity index (χ1v) is 14.0. The van der Waals surface area contributed by atoms with Crippen molar-refractivity contribution in [1.82, 2.24) is 26.1 Å². The Balaban J connectivity index is 1.69. The van der Waals surface area contributed by atoms with Crippen LogP contribution < -0.4 is 16.1 Å². The summed E-state index contributed by atoms with van der Waals surface area (Å²) in [6.45, 7) is 9.39. The first kappa shape index (κ1) is 29.2. The number of carbonyl (C=O) groups is 4. The summed E-state index contributed by atoms with van der Waals surface area (Å²) in [6.07, 6.45) is 6.52. The lowest BCUT2D eigenvalue weighted by molar-refractivity contribution is -0.157. The highest BCUT2D eigenvalue weighted by Gasteiger charge is 2.34. The number of cyclic esters (lactones) is 1. The van der Waals surface area contributed by atoms with Crippen molar-refractivity contribution in [2.24, 2.45) is 11.8 Å². The number of nitrogens with zero attached hydrogens (tertiary/aromatic N) is 2. The van der Waals surface area contributed by atoms with E-state index < -0.39 is 42.0 Å². The van der Waals surface area contributed by atoms with E-state index in [9.17, 15) is 19.2 Å². The van der Waals surface area contributed by atoms with Crippen LogP contribution in [0, 0.1) is 11.8 Å². The molecule has 3 unspecified atom stereocenters. The number of hydrogen-bond donors (Lipinski definition) is 3.